The van der Waals surface area contributed by atoms with Gasteiger partial charge in [-0.25, -0.2) is 0 Å². The summed E-state index contributed by atoms with van der Waals surface area (Å²) in [6.07, 6.45) is 2.23. The standard InChI is InChI=1S/C16H27NO2/c1-4-7-13-17(15-11-9-8-10-12-15)14-16(18-5-2)19-6-3/h8-12,16H,4-7,13-14H2,1-3H3. The van der Waals surface area contributed by atoms with Crippen molar-refractivity contribution < 1.29 is 9.47 Å². The summed E-state index contributed by atoms with van der Waals surface area (Å²) < 4.78 is 11.3. The summed E-state index contributed by atoms with van der Waals surface area (Å²) >= 11 is 0. The molecule has 0 unspecified atom stereocenters. The number of nitrogens with zero attached hydrogens (tertiary/aromatic N) is 1. The number of ether oxygens (including phenoxy) is 2. The largest absolute Gasteiger partial charge is 0.366 e. The first kappa shape index (κ1) is 16.0. The number of anilines is 1. The van der Waals surface area contributed by atoms with Gasteiger partial charge in [-0.2, -0.15) is 0 Å². The second-order valence-electron chi connectivity index (χ2n) is 4.48. The molecule has 0 heterocycles. The zero-order chi connectivity index (χ0) is 13.9. The molecule has 0 bridgehead atoms. The van der Waals surface area contributed by atoms with E-state index in [9.17, 15) is 0 Å². The fourth-order valence-corrected chi connectivity index (χ4v) is 2.02. The topological polar surface area (TPSA) is 21.7 Å². The molecule has 0 saturated carbocycles. The Kier molecular flexibility index (Phi) is 8.26. The molecule has 108 valence electrons. The SMILES string of the molecule is CCCCN(CC(OCC)OCC)c1ccccc1. The molecule has 0 aromatic heterocycles. The van der Waals surface area contributed by atoms with E-state index in [1.165, 1.54) is 18.5 Å². The minimum Gasteiger partial charge on any atom is -0.366 e. The third-order valence-electron chi connectivity index (χ3n) is 2.98. The van der Waals surface area contributed by atoms with E-state index >= 15 is 0 Å². The number of benzene rings is 1. The van der Waals surface area contributed by atoms with E-state index in [1.54, 1.807) is 0 Å². The maximum absolute atomic E-state index is 5.65. The van der Waals surface area contributed by atoms with Crippen LogP contribution in [0.15, 0.2) is 30.3 Å². The highest BCUT2D eigenvalue weighted by Gasteiger charge is 2.14. The zero-order valence-electron chi connectivity index (χ0n) is 12.5. The summed E-state index contributed by atoms with van der Waals surface area (Å²) in [4.78, 5) is 2.35. The van der Waals surface area contributed by atoms with Crippen molar-refractivity contribution in [3.8, 4) is 0 Å². The number of rotatable bonds is 10. The van der Waals surface area contributed by atoms with Gasteiger partial charge in [0, 0.05) is 25.4 Å². The molecule has 3 nitrogen and oxygen atoms in total. The Balaban J connectivity index is 2.67. The van der Waals surface area contributed by atoms with Crippen molar-refractivity contribution in [3.05, 3.63) is 30.3 Å². The molecule has 0 atom stereocenters. The number of hydrogen-bond donors (Lipinski definition) is 0. The predicted octanol–water partition coefficient (Wildman–Crippen LogP) is 3.69. The minimum absolute atomic E-state index is 0.146. The fraction of sp³-hybridized carbons (Fsp3) is 0.625. The summed E-state index contributed by atoms with van der Waals surface area (Å²) in [5.74, 6) is 0. The van der Waals surface area contributed by atoms with Crippen LogP contribution in [0.1, 0.15) is 33.6 Å². The lowest BCUT2D eigenvalue weighted by atomic mass is 10.2. The highest BCUT2D eigenvalue weighted by molar-refractivity contribution is 5.45. The third kappa shape index (κ3) is 6.08. The fourth-order valence-electron chi connectivity index (χ4n) is 2.02. The van der Waals surface area contributed by atoms with E-state index in [4.69, 9.17) is 9.47 Å². The zero-order valence-corrected chi connectivity index (χ0v) is 12.5. The molecule has 0 N–H and O–H groups in total. The molecular formula is C16H27NO2. The Hall–Kier alpha value is -1.06. The van der Waals surface area contributed by atoms with Gasteiger partial charge in [0.15, 0.2) is 6.29 Å². The molecule has 0 spiro atoms. The molecule has 0 aliphatic rings. The molecule has 3 heteroatoms. The first-order valence-electron chi connectivity index (χ1n) is 7.35. The molecule has 0 aliphatic carbocycles. The van der Waals surface area contributed by atoms with E-state index in [0.29, 0.717) is 13.2 Å². The minimum atomic E-state index is -0.146. The van der Waals surface area contributed by atoms with Crippen molar-refractivity contribution in [2.75, 3.05) is 31.2 Å². The summed E-state index contributed by atoms with van der Waals surface area (Å²) in [5.41, 5.74) is 1.24. The Bertz CT molecular complexity index is 310. The van der Waals surface area contributed by atoms with Crippen LogP contribution < -0.4 is 4.90 Å². The first-order valence-corrected chi connectivity index (χ1v) is 7.35. The maximum Gasteiger partial charge on any atom is 0.174 e. The van der Waals surface area contributed by atoms with Gasteiger partial charge in [-0.15, -0.1) is 0 Å². The molecule has 1 aromatic carbocycles. The van der Waals surface area contributed by atoms with Gasteiger partial charge < -0.3 is 14.4 Å². The molecule has 0 saturated heterocycles. The molecule has 1 aromatic rings. The van der Waals surface area contributed by atoms with Gasteiger partial charge in [-0.05, 0) is 32.4 Å². The van der Waals surface area contributed by atoms with Crippen LogP contribution in [-0.4, -0.2) is 32.6 Å². The highest BCUT2D eigenvalue weighted by Crippen LogP contribution is 2.15. The smallest absolute Gasteiger partial charge is 0.174 e. The third-order valence-corrected chi connectivity index (χ3v) is 2.98. The molecule has 19 heavy (non-hydrogen) atoms. The van der Waals surface area contributed by atoms with E-state index in [2.05, 4.69) is 36.1 Å². The molecular weight excluding hydrogens is 238 g/mol. The van der Waals surface area contributed by atoms with Crippen LogP contribution in [0, 0.1) is 0 Å². The van der Waals surface area contributed by atoms with Crippen molar-refractivity contribution in [3.63, 3.8) is 0 Å². The van der Waals surface area contributed by atoms with Crippen molar-refractivity contribution >= 4 is 5.69 Å². The van der Waals surface area contributed by atoms with Crippen molar-refractivity contribution in [2.24, 2.45) is 0 Å². The van der Waals surface area contributed by atoms with E-state index in [-0.39, 0.29) is 6.29 Å². The molecule has 0 fully saturated rings. The van der Waals surface area contributed by atoms with Crippen LogP contribution in [0.3, 0.4) is 0 Å². The highest BCUT2D eigenvalue weighted by atomic mass is 16.7. The Morgan fingerprint density at radius 3 is 2.16 bits per heavy atom. The molecule has 0 radical (unpaired) electrons. The van der Waals surface area contributed by atoms with Crippen molar-refractivity contribution in [1.29, 1.82) is 0 Å². The predicted molar refractivity (Wildman–Crippen MR) is 80.6 cm³/mol. The van der Waals surface area contributed by atoms with Gasteiger partial charge in [-0.3, -0.25) is 0 Å². The van der Waals surface area contributed by atoms with Crippen LogP contribution >= 0.6 is 0 Å². The van der Waals surface area contributed by atoms with Gasteiger partial charge in [0.05, 0.1) is 6.54 Å². The van der Waals surface area contributed by atoms with E-state index in [1.807, 2.05) is 19.9 Å². The van der Waals surface area contributed by atoms with Gasteiger partial charge >= 0.3 is 0 Å². The van der Waals surface area contributed by atoms with Crippen molar-refractivity contribution in [2.45, 2.75) is 39.9 Å². The lowest BCUT2D eigenvalue weighted by molar-refractivity contribution is -0.129. The number of para-hydroxylation sites is 1. The first-order chi connectivity index (χ1) is 9.31. The Morgan fingerprint density at radius 2 is 1.63 bits per heavy atom. The second kappa shape index (κ2) is 9.82. The normalized spacial score (nSPS) is 10.9. The van der Waals surface area contributed by atoms with E-state index in [0.717, 1.165) is 13.1 Å². The van der Waals surface area contributed by atoms with Crippen LogP contribution in [0.4, 0.5) is 5.69 Å². The van der Waals surface area contributed by atoms with Gasteiger partial charge in [0.1, 0.15) is 0 Å². The van der Waals surface area contributed by atoms with Gasteiger partial charge in [0.2, 0.25) is 0 Å². The molecule has 0 amide bonds. The van der Waals surface area contributed by atoms with Crippen LogP contribution in [-0.2, 0) is 9.47 Å². The summed E-state index contributed by atoms with van der Waals surface area (Å²) in [5, 5.41) is 0. The average Bonchev–Trinajstić information content (AvgIpc) is 2.44. The van der Waals surface area contributed by atoms with Gasteiger partial charge in [0.25, 0.3) is 0 Å². The lowest BCUT2D eigenvalue weighted by Crippen LogP contribution is -2.36. The van der Waals surface area contributed by atoms with Gasteiger partial charge in [-0.1, -0.05) is 31.5 Å². The Labute approximate surface area is 117 Å². The second-order valence-corrected chi connectivity index (χ2v) is 4.48. The van der Waals surface area contributed by atoms with Crippen molar-refractivity contribution in [1.82, 2.24) is 0 Å². The van der Waals surface area contributed by atoms with Crippen LogP contribution in [0.2, 0.25) is 0 Å². The maximum atomic E-state index is 5.65. The summed E-state index contributed by atoms with van der Waals surface area (Å²) in [7, 11) is 0. The summed E-state index contributed by atoms with van der Waals surface area (Å²) in [6.45, 7) is 9.41. The monoisotopic (exact) mass is 265 g/mol. The molecule has 1 rings (SSSR count). The van der Waals surface area contributed by atoms with Crippen LogP contribution in [0.5, 0.6) is 0 Å². The number of hydrogen-bond acceptors (Lipinski definition) is 3. The quantitative estimate of drug-likeness (QED) is 0.602. The molecule has 0 aliphatic heterocycles. The van der Waals surface area contributed by atoms with Crippen LogP contribution in [0.25, 0.3) is 0 Å². The number of unbranched alkanes of at least 4 members (excludes halogenated alkanes) is 1. The lowest BCUT2D eigenvalue weighted by Gasteiger charge is -2.29. The Morgan fingerprint density at radius 1 is 1.00 bits per heavy atom. The average molecular weight is 265 g/mol. The van der Waals surface area contributed by atoms with E-state index < -0.39 is 0 Å². The summed E-state index contributed by atoms with van der Waals surface area (Å²) in [6, 6.07) is 10.5.